The third-order valence-electron chi connectivity index (χ3n) is 4.02. The number of hydrogen-bond acceptors (Lipinski definition) is 5. The SMILES string of the molecule is C=C(C(=O)/C=C\N(N)c1ccnc(C(F)(F)F)c1)c1ccnn1-c1cccc(Cl)c1. The highest BCUT2D eigenvalue weighted by Crippen LogP contribution is 2.29. The van der Waals surface area contributed by atoms with Gasteiger partial charge in [-0.1, -0.05) is 24.2 Å². The molecule has 2 heterocycles. The Bertz CT molecular complexity index is 1120. The molecule has 0 fully saturated rings. The van der Waals surface area contributed by atoms with Crippen LogP contribution in [0.15, 0.2) is 73.7 Å². The number of allylic oxidation sites excluding steroid dienone is 2. The fraction of sp³-hybridized carbons (Fsp3) is 0.0500. The molecule has 3 aromatic rings. The summed E-state index contributed by atoms with van der Waals surface area (Å²) in [5.41, 5.74) is 0.0971. The number of hydrogen-bond donors (Lipinski definition) is 1. The van der Waals surface area contributed by atoms with Gasteiger partial charge in [0.15, 0.2) is 5.78 Å². The highest BCUT2D eigenvalue weighted by Gasteiger charge is 2.32. The van der Waals surface area contributed by atoms with E-state index in [9.17, 15) is 18.0 Å². The van der Waals surface area contributed by atoms with Gasteiger partial charge in [0.1, 0.15) is 5.69 Å². The number of anilines is 1. The molecule has 0 saturated carbocycles. The van der Waals surface area contributed by atoms with E-state index in [-0.39, 0.29) is 11.3 Å². The zero-order chi connectivity index (χ0) is 21.9. The third kappa shape index (κ3) is 4.76. The number of ketones is 1. The first-order chi connectivity index (χ1) is 14.2. The molecular weight excluding hydrogens is 419 g/mol. The second-order valence-corrected chi connectivity index (χ2v) is 6.51. The highest BCUT2D eigenvalue weighted by atomic mass is 35.5. The van der Waals surface area contributed by atoms with Crippen molar-refractivity contribution in [3.63, 3.8) is 0 Å². The molecule has 0 amide bonds. The molecule has 0 spiro atoms. The molecule has 0 aliphatic heterocycles. The summed E-state index contributed by atoms with van der Waals surface area (Å²) in [6, 6.07) is 10.5. The smallest absolute Gasteiger partial charge is 0.289 e. The van der Waals surface area contributed by atoms with Crippen LogP contribution in [0.3, 0.4) is 0 Å². The van der Waals surface area contributed by atoms with Gasteiger partial charge in [0, 0.05) is 29.1 Å². The number of carbonyl (C=O) groups is 1. The van der Waals surface area contributed by atoms with Crippen molar-refractivity contribution in [2.45, 2.75) is 6.18 Å². The van der Waals surface area contributed by atoms with Gasteiger partial charge in [-0.3, -0.25) is 14.8 Å². The van der Waals surface area contributed by atoms with E-state index in [4.69, 9.17) is 17.4 Å². The predicted octanol–water partition coefficient (Wildman–Crippen LogP) is 4.42. The number of benzene rings is 1. The molecule has 154 valence electrons. The maximum Gasteiger partial charge on any atom is 0.433 e. The Hall–Kier alpha value is -3.43. The lowest BCUT2D eigenvalue weighted by molar-refractivity contribution is -0.141. The Labute approximate surface area is 174 Å². The Morgan fingerprint density at radius 1 is 1.20 bits per heavy atom. The van der Waals surface area contributed by atoms with Crippen LogP contribution >= 0.6 is 11.6 Å². The summed E-state index contributed by atoms with van der Waals surface area (Å²) in [6.07, 6.45) is 0.122. The molecule has 0 radical (unpaired) electrons. The van der Waals surface area contributed by atoms with Crippen molar-refractivity contribution in [3.05, 3.63) is 90.1 Å². The van der Waals surface area contributed by atoms with E-state index in [1.807, 2.05) is 0 Å². The van der Waals surface area contributed by atoms with Crippen LogP contribution in [0.4, 0.5) is 18.9 Å². The first-order valence-corrected chi connectivity index (χ1v) is 8.83. The van der Waals surface area contributed by atoms with Crippen LogP contribution in [0.25, 0.3) is 11.3 Å². The van der Waals surface area contributed by atoms with Crippen LogP contribution in [0.1, 0.15) is 11.4 Å². The van der Waals surface area contributed by atoms with Crippen LogP contribution in [0.2, 0.25) is 5.02 Å². The van der Waals surface area contributed by atoms with E-state index in [0.29, 0.717) is 16.4 Å². The summed E-state index contributed by atoms with van der Waals surface area (Å²) < 4.78 is 39.9. The van der Waals surface area contributed by atoms with Crippen molar-refractivity contribution in [2.75, 3.05) is 5.01 Å². The number of aromatic nitrogens is 3. The van der Waals surface area contributed by atoms with Crippen LogP contribution in [0, 0.1) is 0 Å². The normalized spacial score (nSPS) is 11.6. The Balaban J connectivity index is 1.78. The number of carbonyl (C=O) groups excluding carboxylic acids is 1. The lowest BCUT2D eigenvalue weighted by Crippen LogP contribution is -2.25. The fourth-order valence-corrected chi connectivity index (χ4v) is 2.73. The van der Waals surface area contributed by atoms with E-state index in [0.717, 1.165) is 29.5 Å². The number of halogens is 4. The molecule has 0 unspecified atom stereocenters. The monoisotopic (exact) mass is 433 g/mol. The molecule has 0 aliphatic carbocycles. The molecule has 6 nitrogen and oxygen atoms in total. The number of nitrogens with zero attached hydrogens (tertiary/aromatic N) is 4. The van der Waals surface area contributed by atoms with Gasteiger partial charge in [0.25, 0.3) is 0 Å². The standard InChI is InChI=1S/C20H15ClF3N5O/c1-13(17-6-9-27-29(17)16-4-2-3-14(21)11-16)18(30)7-10-28(25)15-5-8-26-19(12-15)20(22,23)24/h2-12H,1,25H2/b10-7-. The third-order valence-corrected chi connectivity index (χ3v) is 4.26. The number of nitrogens with two attached hydrogens (primary N) is 1. The summed E-state index contributed by atoms with van der Waals surface area (Å²) in [5, 5.41) is 5.56. The number of hydrazine groups is 1. The molecule has 1 aromatic carbocycles. The summed E-state index contributed by atoms with van der Waals surface area (Å²) in [4.78, 5) is 15.8. The molecule has 0 aliphatic rings. The number of rotatable bonds is 6. The minimum absolute atomic E-state index is 0.0101. The molecular formula is C20H15ClF3N5O. The molecule has 30 heavy (non-hydrogen) atoms. The van der Waals surface area contributed by atoms with Gasteiger partial charge in [-0.15, -0.1) is 0 Å². The summed E-state index contributed by atoms with van der Waals surface area (Å²) in [5.74, 6) is 5.25. The van der Waals surface area contributed by atoms with Gasteiger partial charge in [0.05, 0.1) is 23.3 Å². The average molecular weight is 434 g/mol. The second kappa shape index (κ2) is 8.52. The lowest BCUT2D eigenvalue weighted by Gasteiger charge is -2.15. The molecule has 0 bridgehead atoms. The van der Waals surface area contributed by atoms with Crippen molar-refractivity contribution in [1.82, 2.24) is 14.8 Å². The summed E-state index contributed by atoms with van der Waals surface area (Å²) in [6.45, 7) is 3.79. The zero-order valence-electron chi connectivity index (χ0n) is 15.3. The Kier molecular flexibility index (Phi) is 6.04. The van der Waals surface area contributed by atoms with Gasteiger partial charge in [-0.05, 0) is 36.4 Å². The zero-order valence-corrected chi connectivity index (χ0v) is 16.1. The largest absolute Gasteiger partial charge is 0.433 e. The number of alkyl halides is 3. The van der Waals surface area contributed by atoms with E-state index >= 15 is 0 Å². The maximum absolute atomic E-state index is 12.8. The van der Waals surface area contributed by atoms with Crippen molar-refractivity contribution in [1.29, 1.82) is 0 Å². The van der Waals surface area contributed by atoms with Crippen molar-refractivity contribution in [3.8, 4) is 5.69 Å². The highest BCUT2D eigenvalue weighted by molar-refractivity contribution is 6.30. The van der Waals surface area contributed by atoms with Crippen LogP contribution in [-0.4, -0.2) is 20.5 Å². The maximum atomic E-state index is 12.8. The second-order valence-electron chi connectivity index (χ2n) is 6.07. The van der Waals surface area contributed by atoms with Gasteiger partial charge in [0.2, 0.25) is 0 Å². The number of pyridine rings is 1. The van der Waals surface area contributed by atoms with E-state index in [1.165, 1.54) is 16.9 Å². The lowest BCUT2D eigenvalue weighted by atomic mass is 10.1. The molecule has 2 aromatic heterocycles. The first-order valence-electron chi connectivity index (χ1n) is 8.46. The van der Waals surface area contributed by atoms with E-state index < -0.39 is 17.7 Å². The molecule has 10 heteroatoms. The molecule has 0 saturated heterocycles. The first kappa shape index (κ1) is 21.3. The van der Waals surface area contributed by atoms with Crippen molar-refractivity contribution >= 4 is 28.6 Å². The van der Waals surface area contributed by atoms with Gasteiger partial charge < -0.3 is 0 Å². The molecule has 3 rings (SSSR count). The fourth-order valence-electron chi connectivity index (χ4n) is 2.54. The Morgan fingerprint density at radius 2 is 1.97 bits per heavy atom. The van der Waals surface area contributed by atoms with Crippen LogP contribution in [-0.2, 0) is 11.0 Å². The minimum atomic E-state index is -4.61. The van der Waals surface area contributed by atoms with Crippen molar-refractivity contribution < 1.29 is 18.0 Å². The quantitative estimate of drug-likeness (QED) is 0.354. The van der Waals surface area contributed by atoms with E-state index in [1.54, 1.807) is 30.3 Å². The summed E-state index contributed by atoms with van der Waals surface area (Å²) >= 11 is 6.00. The van der Waals surface area contributed by atoms with Gasteiger partial charge in [-0.2, -0.15) is 18.3 Å². The van der Waals surface area contributed by atoms with Crippen LogP contribution in [0.5, 0.6) is 0 Å². The topological polar surface area (TPSA) is 77.0 Å². The van der Waals surface area contributed by atoms with E-state index in [2.05, 4.69) is 16.7 Å². The van der Waals surface area contributed by atoms with Gasteiger partial charge in [-0.25, -0.2) is 10.5 Å². The van der Waals surface area contributed by atoms with Crippen LogP contribution < -0.4 is 10.9 Å². The minimum Gasteiger partial charge on any atom is -0.289 e. The molecule has 0 atom stereocenters. The van der Waals surface area contributed by atoms with Crippen molar-refractivity contribution in [2.24, 2.45) is 5.84 Å². The summed E-state index contributed by atoms with van der Waals surface area (Å²) in [7, 11) is 0. The average Bonchev–Trinajstić information content (AvgIpc) is 3.20. The Morgan fingerprint density at radius 3 is 2.67 bits per heavy atom. The van der Waals surface area contributed by atoms with Gasteiger partial charge >= 0.3 is 6.18 Å². The molecule has 2 N–H and O–H groups in total. The predicted molar refractivity (Wildman–Crippen MR) is 108 cm³/mol.